The maximum atomic E-state index is 15.2. The van der Waals surface area contributed by atoms with Gasteiger partial charge in [-0.05, 0) is 62.4 Å². The molecule has 2 fully saturated rings. The van der Waals surface area contributed by atoms with E-state index >= 15 is 4.39 Å². The van der Waals surface area contributed by atoms with Crippen LogP contribution in [0.15, 0.2) is 36.4 Å². The minimum atomic E-state index is -1.08. The summed E-state index contributed by atoms with van der Waals surface area (Å²) in [6, 6.07) is 9.34. The molecule has 250 valence electrons. The third-order valence-corrected chi connectivity index (χ3v) is 8.61. The molecule has 0 radical (unpaired) electrons. The van der Waals surface area contributed by atoms with Gasteiger partial charge in [0.1, 0.15) is 17.6 Å². The summed E-state index contributed by atoms with van der Waals surface area (Å²) in [5.74, 6) is -2.22. The summed E-state index contributed by atoms with van der Waals surface area (Å²) in [4.78, 5) is 54.9. The molecule has 2 saturated heterocycles. The van der Waals surface area contributed by atoms with E-state index in [1.165, 1.54) is 6.07 Å². The Kier molecular flexibility index (Phi) is 12.5. The standard InChI is InChI=1S/C33H42FN5O6.ClH/c1-22(35)23-7-6-8-24(19-23)45-17-5-3-2-4-16-44-18-15-37-11-13-38(14-12-37)29-21-26-25(20-27(29)34)32(42)39(33(26)43)28-9-10-30(40)36-31(28)41;/h6-8,19-22,28H,2-5,9-18,35H2,1H3,(H,36,40,41);1H. The van der Waals surface area contributed by atoms with Gasteiger partial charge >= 0.3 is 0 Å². The first-order chi connectivity index (χ1) is 21.7. The zero-order chi connectivity index (χ0) is 31.9. The summed E-state index contributed by atoms with van der Waals surface area (Å²) in [5, 5.41) is 2.17. The third-order valence-electron chi connectivity index (χ3n) is 8.61. The number of amides is 4. The Morgan fingerprint density at radius 1 is 0.935 bits per heavy atom. The van der Waals surface area contributed by atoms with Crippen LogP contribution in [-0.4, -0.2) is 92.0 Å². The van der Waals surface area contributed by atoms with Gasteiger partial charge in [0.05, 0.1) is 30.0 Å². The molecule has 5 rings (SSSR count). The molecule has 2 aromatic rings. The summed E-state index contributed by atoms with van der Waals surface area (Å²) in [6.45, 7) is 7.30. The number of hydrogen-bond donors (Lipinski definition) is 2. The van der Waals surface area contributed by atoms with E-state index in [9.17, 15) is 19.2 Å². The van der Waals surface area contributed by atoms with Crippen LogP contribution < -0.4 is 20.7 Å². The maximum Gasteiger partial charge on any atom is 0.262 e. The van der Waals surface area contributed by atoms with Crippen LogP contribution >= 0.6 is 12.4 Å². The van der Waals surface area contributed by atoms with Gasteiger partial charge in [-0.25, -0.2) is 4.39 Å². The van der Waals surface area contributed by atoms with Crippen molar-refractivity contribution in [3.63, 3.8) is 0 Å². The fourth-order valence-corrected chi connectivity index (χ4v) is 5.97. The summed E-state index contributed by atoms with van der Waals surface area (Å²) < 4.78 is 26.9. The van der Waals surface area contributed by atoms with Crippen molar-refractivity contribution in [3.8, 4) is 5.75 Å². The number of hydrogen-bond acceptors (Lipinski definition) is 9. The molecule has 0 aliphatic carbocycles. The largest absolute Gasteiger partial charge is 0.494 e. The first-order valence-electron chi connectivity index (χ1n) is 15.8. The predicted molar refractivity (Wildman–Crippen MR) is 173 cm³/mol. The molecule has 3 aliphatic heterocycles. The zero-order valence-corrected chi connectivity index (χ0v) is 27.0. The average Bonchev–Trinajstić information content (AvgIpc) is 3.26. The van der Waals surface area contributed by atoms with Gasteiger partial charge in [0, 0.05) is 51.8 Å². The molecule has 46 heavy (non-hydrogen) atoms. The number of benzene rings is 2. The Balaban J connectivity index is 0.00000480. The second-order valence-electron chi connectivity index (χ2n) is 11.9. The number of piperazine rings is 1. The zero-order valence-electron chi connectivity index (χ0n) is 26.2. The molecule has 3 N–H and O–H groups in total. The molecule has 13 heteroatoms. The van der Waals surface area contributed by atoms with Crippen LogP contribution in [0.25, 0.3) is 0 Å². The monoisotopic (exact) mass is 659 g/mol. The van der Waals surface area contributed by atoms with Gasteiger partial charge in [0.15, 0.2) is 0 Å². The first-order valence-corrected chi connectivity index (χ1v) is 15.8. The smallest absolute Gasteiger partial charge is 0.262 e. The number of unbranched alkanes of at least 4 members (excludes halogenated alkanes) is 3. The summed E-state index contributed by atoms with van der Waals surface area (Å²) in [7, 11) is 0. The van der Waals surface area contributed by atoms with Crippen molar-refractivity contribution in [1.82, 2.24) is 15.1 Å². The van der Waals surface area contributed by atoms with E-state index < -0.39 is 35.5 Å². The first kappa shape index (κ1) is 35.3. The lowest BCUT2D eigenvalue weighted by atomic mass is 10.0. The van der Waals surface area contributed by atoms with Crippen molar-refractivity contribution in [2.75, 3.05) is 57.4 Å². The molecule has 3 aliphatic rings. The van der Waals surface area contributed by atoms with Crippen LogP contribution in [0.2, 0.25) is 0 Å². The molecular formula is C33H43ClFN5O6. The van der Waals surface area contributed by atoms with Crippen LogP contribution in [0.1, 0.15) is 77.8 Å². The number of carbonyl (C=O) groups is 4. The fraction of sp³-hybridized carbons (Fsp3) is 0.515. The molecule has 0 saturated carbocycles. The van der Waals surface area contributed by atoms with E-state index in [-0.39, 0.29) is 48.1 Å². The number of nitrogens with zero attached hydrogens (tertiary/aromatic N) is 3. The maximum absolute atomic E-state index is 15.2. The van der Waals surface area contributed by atoms with E-state index in [1.807, 2.05) is 36.1 Å². The predicted octanol–water partition coefficient (Wildman–Crippen LogP) is 3.45. The van der Waals surface area contributed by atoms with E-state index in [4.69, 9.17) is 15.2 Å². The van der Waals surface area contributed by atoms with Crippen LogP contribution in [0.4, 0.5) is 10.1 Å². The second-order valence-corrected chi connectivity index (χ2v) is 11.9. The highest BCUT2D eigenvalue weighted by atomic mass is 35.5. The second kappa shape index (κ2) is 16.3. The lowest BCUT2D eigenvalue weighted by molar-refractivity contribution is -0.136. The number of nitrogens with one attached hydrogen (secondary N) is 1. The van der Waals surface area contributed by atoms with Gasteiger partial charge in [-0.15, -0.1) is 12.4 Å². The minimum absolute atomic E-state index is 0. The molecule has 11 nitrogen and oxygen atoms in total. The molecule has 0 bridgehead atoms. The van der Waals surface area contributed by atoms with Gasteiger partial charge in [0.25, 0.3) is 11.8 Å². The Morgan fingerprint density at radius 2 is 1.63 bits per heavy atom. The molecule has 0 spiro atoms. The SMILES string of the molecule is CC(N)c1cccc(OCCCCCCOCCN2CCN(c3cc4c(cc3F)C(=O)N(C3CCC(=O)NC3=O)C4=O)CC2)c1.Cl. The minimum Gasteiger partial charge on any atom is -0.494 e. The number of rotatable bonds is 14. The third kappa shape index (κ3) is 8.41. The van der Waals surface area contributed by atoms with E-state index in [2.05, 4.69) is 10.2 Å². The number of carbonyl (C=O) groups excluding carboxylic acids is 4. The number of imide groups is 2. The molecule has 3 heterocycles. The van der Waals surface area contributed by atoms with Gasteiger partial charge in [-0.1, -0.05) is 18.6 Å². The Hall–Kier alpha value is -3.58. The van der Waals surface area contributed by atoms with E-state index in [1.54, 1.807) is 0 Å². The van der Waals surface area contributed by atoms with Crippen LogP contribution in [0.5, 0.6) is 5.75 Å². The van der Waals surface area contributed by atoms with Gasteiger partial charge in [-0.3, -0.25) is 34.3 Å². The van der Waals surface area contributed by atoms with E-state index in [0.717, 1.165) is 54.5 Å². The summed E-state index contributed by atoms with van der Waals surface area (Å²) in [6.07, 6.45) is 4.21. The Labute approximate surface area is 274 Å². The molecule has 2 unspecified atom stereocenters. The molecular weight excluding hydrogens is 617 g/mol. The summed E-state index contributed by atoms with van der Waals surface area (Å²) in [5.41, 5.74) is 7.29. The van der Waals surface area contributed by atoms with Gasteiger partial charge in [0.2, 0.25) is 11.8 Å². The highest BCUT2D eigenvalue weighted by molar-refractivity contribution is 6.23. The summed E-state index contributed by atoms with van der Waals surface area (Å²) >= 11 is 0. The quantitative estimate of drug-likeness (QED) is 0.231. The molecule has 2 aromatic carbocycles. The van der Waals surface area contributed by atoms with E-state index in [0.29, 0.717) is 46.0 Å². The number of fused-ring (bicyclic) bond motifs is 1. The molecule has 0 aromatic heterocycles. The van der Waals surface area contributed by atoms with Crippen LogP contribution in [0, 0.1) is 5.82 Å². The lowest BCUT2D eigenvalue weighted by Gasteiger charge is -2.36. The van der Waals surface area contributed by atoms with Crippen LogP contribution in [-0.2, 0) is 14.3 Å². The molecule has 4 amide bonds. The van der Waals surface area contributed by atoms with Crippen molar-refractivity contribution >= 4 is 41.7 Å². The van der Waals surface area contributed by atoms with Crippen molar-refractivity contribution in [2.45, 2.75) is 57.5 Å². The lowest BCUT2D eigenvalue weighted by Crippen LogP contribution is -2.54. The van der Waals surface area contributed by atoms with Crippen molar-refractivity contribution < 1.29 is 33.0 Å². The highest BCUT2D eigenvalue weighted by Crippen LogP contribution is 2.33. The Bertz CT molecular complexity index is 1420. The topological polar surface area (TPSA) is 135 Å². The number of halogens is 2. The number of ether oxygens (including phenoxy) is 2. The van der Waals surface area contributed by atoms with Gasteiger partial charge in [-0.2, -0.15) is 0 Å². The van der Waals surface area contributed by atoms with Gasteiger partial charge < -0.3 is 20.1 Å². The Morgan fingerprint density at radius 3 is 2.33 bits per heavy atom. The number of piperidine rings is 1. The van der Waals surface area contributed by atoms with Crippen molar-refractivity contribution in [2.24, 2.45) is 5.73 Å². The fourth-order valence-electron chi connectivity index (χ4n) is 5.97. The number of nitrogens with two attached hydrogens (primary N) is 1. The van der Waals surface area contributed by atoms with Crippen molar-refractivity contribution in [1.29, 1.82) is 0 Å². The normalized spacial score (nSPS) is 19.2. The van der Waals surface area contributed by atoms with Crippen LogP contribution in [0.3, 0.4) is 0 Å². The number of anilines is 1. The van der Waals surface area contributed by atoms with Crippen molar-refractivity contribution in [3.05, 3.63) is 58.9 Å². The highest BCUT2D eigenvalue weighted by Gasteiger charge is 2.45. The average molecular weight is 660 g/mol. The molecule has 2 atom stereocenters.